The molecule has 2 rings (SSSR count). The molecule has 0 bridgehead atoms. The van der Waals surface area contributed by atoms with Crippen molar-refractivity contribution in [1.82, 2.24) is 0 Å². The van der Waals surface area contributed by atoms with Gasteiger partial charge in [-0.2, -0.15) is 0 Å². The van der Waals surface area contributed by atoms with Crippen molar-refractivity contribution < 1.29 is 23.1 Å². The molecule has 0 radical (unpaired) electrons. The van der Waals surface area contributed by atoms with E-state index in [0.29, 0.717) is 0 Å². The highest BCUT2D eigenvalue weighted by atomic mass is 32.2. The summed E-state index contributed by atoms with van der Waals surface area (Å²) in [6.45, 7) is 0. The first-order valence-electron chi connectivity index (χ1n) is 5.71. The third-order valence-electron chi connectivity index (χ3n) is 2.65. The second-order valence-corrected chi connectivity index (χ2v) is 7.15. The van der Waals surface area contributed by atoms with Crippen LogP contribution in [0.25, 0.3) is 0 Å². The largest absolute Gasteiger partial charge is 0.477 e. The number of aromatic carboxylic acids is 1. The van der Waals surface area contributed by atoms with Crippen LogP contribution in [0.1, 0.15) is 20.0 Å². The summed E-state index contributed by atoms with van der Waals surface area (Å²) in [5.41, 5.74) is 0.453. The molecule has 0 fully saturated rings. The molecule has 1 heterocycles. The van der Waals surface area contributed by atoms with Crippen molar-refractivity contribution in [2.75, 3.05) is 11.6 Å². The predicted octanol–water partition coefficient (Wildman–Crippen LogP) is 2.10. The Labute approximate surface area is 125 Å². The van der Waals surface area contributed by atoms with Gasteiger partial charge >= 0.3 is 5.97 Å². The van der Waals surface area contributed by atoms with E-state index < -0.39 is 21.7 Å². The predicted molar refractivity (Wildman–Crippen MR) is 78.8 cm³/mol. The Hall–Kier alpha value is -2.19. The van der Waals surface area contributed by atoms with Crippen LogP contribution < -0.4 is 5.32 Å². The Kier molecular flexibility index (Phi) is 4.10. The first kappa shape index (κ1) is 15.2. The topological polar surface area (TPSA) is 101 Å². The van der Waals surface area contributed by atoms with E-state index in [4.69, 9.17) is 5.11 Å². The van der Waals surface area contributed by atoms with Crippen molar-refractivity contribution in [3.63, 3.8) is 0 Å². The van der Waals surface area contributed by atoms with Crippen LogP contribution in [0.15, 0.2) is 40.6 Å². The zero-order chi connectivity index (χ0) is 15.6. The number of rotatable bonds is 4. The molecule has 1 amide bonds. The van der Waals surface area contributed by atoms with Crippen LogP contribution in [-0.2, 0) is 9.84 Å². The standard InChI is InChI=1S/C13H11NO5S2/c1-21(18,19)9-4-2-8(3-5-9)12(15)14-10-6-7-20-11(10)13(16)17/h2-7H,1H3,(H,14,15)(H,16,17). The van der Waals surface area contributed by atoms with Crippen molar-refractivity contribution >= 4 is 38.7 Å². The Morgan fingerprint density at radius 2 is 1.76 bits per heavy atom. The third-order valence-corrected chi connectivity index (χ3v) is 4.68. The van der Waals surface area contributed by atoms with Crippen molar-refractivity contribution in [3.8, 4) is 0 Å². The van der Waals surface area contributed by atoms with Gasteiger partial charge in [0.05, 0.1) is 10.6 Å². The minimum atomic E-state index is -3.32. The summed E-state index contributed by atoms with van der Waals surface area (Å²) in [6.07, 6.45) is 1.08. The Balaban J connectivity index is 2.21. The smallest absolute Gasteiger partial charge is 0.348 e. The average molecular weight is 325 g/mol. The lowest BCUT2D eigenvalue weighted by Crippen LogP contribution is -2.13. The van der Waals surface area contributed by atoms with Gasteiger partial charge in [0, 0.05) is 11.8 Å². The van der Waals surface area contributed by atoms with Crippen molar-refractivity contribution in [3.05, 3.63) is 46.2 Å². The van der Waals surface area contributed by atoms with Crippen molar-refractivity contribution in [2.24, 2.45) is 0 Å². The molecule has 6 nitrogen and oxygen atoms in total. The van der Waals surface area contributed by atoms with Crippen LogP contribution in [0.5, 0.6) is 0 Å². The van der Waals surface area contributed by atoms with Crippen LogP contribution in [-0.4, -0.2) is 31.7 Å². The molecule has 0 atom stereocenters. The molecule has 0 aliphatic carbocycles. The molecular weight excluding hydrogens is 314 g/mol. The Morgan fingerprint density at radius 3 is 2.29 bits per heavy atom. The average Bonchev–Trinajstić information content (AvgIpc) is 2.86. The highest BCUT2D eigenvalue weighted by Crippen LogP contribution is 2.23. The highest BCUT2D eigenvalue weighted by molar-refractivity contribution is 7.90. The number of hydrogen-bond donors (Lipinski definition) is 2. The molecule has 2 aromatic rings. The number of carboxylic acids is 1. The second kappa shape index (κ2) is 5.66. The summed E-state index contributed by atoms with van der Waals surface area (Å²) >= 11 is 1.01. The van der Waals surface area contributed by atoms with E-state index in [1.165, 1.54) is 30.3 Å². The second-order valence-electron chi connectivity index (χ2n) is 4.22. The van der Waals surface area contributed by atoms with E-state index in [-0.39, 0.29) is 21.0 Å². The lowest BCUT2D eigenvalue weighted by molar-refractivity contribution is 0.0703. The molecule has 1 aromatic heterocycles. The number of hydrogen-bond acceptors (Lipinski definition) is 5. The summed E-state index contributed by atoms with van der Waals surface area (Å²) in [5, 5.41) is 13.0. The van der Waals surface area contributed by atoms with Crippen molar-refractivity contribution in [1.29, 1.82) is 0 Å². The molecule has 0 unspecified atom stereocenters. The van der Waals surface area contributed by atoms with Crippen LogP contribution in [0.2, 0.25) is 0 Å². The summed E-state index contributed by atoms with van der Waals surface area (Å²) in [4.78, 5) is 23.1. The fraction of sp³-hybridized carbons (Fsp3) is 0.0769. The molecular formula is C13H11NO5S2. The normalized spacial score (nSPS) is 11.1. The lowest BCUT2D eigenvalue weighted by atomic mass is 10.2. The van der Waals surface area contributed by atoms with Crippen LogP contribution in [0.3, 0.4) is 0 Å². The molecule has 2 N–H and O–H groups in total. The Morgan fingerprint density at radius 1 is 1.14 bits per heavy atom. The first-order valence-corrected chi connectivity index (χ1v) is 8.48. The molecule has 21 heavy (non-hydrogen) atoms. The van der Waals surface area contributed by atoms with E-state index in [2.05, 4.69) is 5.32 Å². The number of thiophene rings is 1. The van der Waals surface area contributed by atoms with Gasteiger partial charge in [0.15, 0.2) is 9.84 Å². The monoisotopic (exact) mass is 325 g/mol. The van der Waals surface area contributed by atoms with Crippen LogP contribution >= 0.6 is 11.3 Å². The van der Waals surface area contributed by atoms with E-state index in [9.17, 15) is 18.0 Å². The number of amides is 1. The lowest BCUT2D eigenvalue weighted by Gasteiger charge is -2.05. The molecule has 110 valence electrons. The Bertz CT molecular complexity index is 790. The number of carbonyl (C=O) groups excluding carboxylic acids is 1. The summed E-state index contributed by atoms with van der Waals surface area (Å²) in [7, 11) is -3.32. The summed E-state index contributed by atoms with van der Waals surface area (Å²) in [6, 6.07) is 6.90. The molecule has 1 aromatic carbocycles. The minimum Gasteiger partial charge on any atom is -0.477 e. The molecule has 8 heteroatoms. The molecule has 0 saturated carbocycles. The highest BCUT2D eigenvalue weighted by Gasteiger charge is 2.15. The number of carbonyl (C=O) groups is 2. The number of nitrogens with one attached hydrogen (secondary N) is 1. The van der Waals surface area contributed by atoms with Gasteiger partial charge in [0.25, 0.3) is 5.91 Å². The van der Waals surface area contributed by atoms with E-state index in [1.807, 2.05) is 0 Å². The zero-order valence-corrected chi connectivity index (χ0v) is 12.5. The minimum absolute atomic E-state index is 0.0381. The SMILES string of the molecule is CS(=O)(=O)c1ccc(C(=O)Nc2ccsc2C(=O)O)cc1. The van der Waals surface area contributed by atoms with Crippen molar-refractivity contribution in [2.45, 2.75) is 4.90 Å². The maximum Gasteiger partial charge on any atom is 0.348 e. The van der Waals surface area contributed by atoms with Gasteiger partial charge < -0.3 is 10.4 Å². The fourth-order valence-electron chi connectivity index (χ4n) is 1.62. The van der Waals surface area contributed by atoms with E-state index >= 15 is 0 Å². The third kappa shape index (κ3) is 3.47. The molecule has 0 aliphatic heterocycles. The van der Waals surface area contributed by atoms with Gasteiger partial charge in [-0.05, 0) is 35.7 Å². The maximum atomic E-state index is 12.0. The van der Waals surface area contributed by atoms with Gasteiger partial charge in [0.1, 0.15) is 4.88 Å². The zero-order valence-electron chi connectivity index (χ0n) is 10.9. The molecule has 0 spiro atoms. The van der Waals surface area contributed by atoms with Gasteiger partial charge in [-0.15, -0.1) is 11.3 Å². The fourth-order valence-corrected chi connectivity index (χ4v) is 2.94. The van der Waals surface area contributed by atoms with E-state index in [0.717, 1.165) is 17.6 Å². The van der Waals surface area contributed by atoms with Gasteiger partial charge in [0.2, 0.25) is 0 Å². The van der Waals surface area contributed by atoms with E-state index in [1.54, 1.807) is 5.38 Å². The number of sulfone groups is 1. The number of anilines is 1. The van der Waals surface area contributed by atoms with Gasteiger partial charge in [-0.3, -0.25) is 4.79 Å². The maximum absolute atomic E-state index is 12.0. The van der Waals surface area contributed by atoms with Gasteiger partial charge in [-0.25, -0.2) is 13.2 Å². The van der Waals surface area contributed by atoms with Crippen LogP contribution in [0, 0.1) is 0 Å². The molecule has 0 saturated heterocycles. The van der Waals surface area contributed by atoms with Crippen LogP contribution in [0.4, 0.5) is 5.69 Å². The van der Waals surface area contributed by atoms with Gasteiger partial charge in [-0.1, -0.05) is 0 Å². The summed E-state index contributed by atoms with van der Waals surface area (Å²) < 4.78 is 22.7. The summed E-state index contributed by atoms with van der Waals surface area (Å²) in [5.74, 6) is -1.62. The quantitative estimate of drug-likeness (QED) is 0.896. The number of carboxylic acid groups (broad SMARTS) is 1. The molecule has 0 aliphatic rings. The number of benzene rings is 1. The first-order chi connectivity index (χ1) is 9.79.